The van der Waals surface area contributed by atoms with Crippen molar-refractivity contribution >= 4 is 17.6 Å². The number of aldehydes is 1. The second kappa shape index (κ2) is 4.57. The van der Waals surface area contributed by atoms with E-state index in [1.165, 1.54) is 11.3 Å². The van der Waals surface area contributed by atoms with Crippen molar-refractivity contribution in [1.82, 2.24) is 14.8 Å². The van der Waals surface area contributed by atoms with Gasteiger partial charge in [-0.3, -0.25) is 9.48 Å². The van der Waals surface area contributed by atoms with Crippen LogP contribution in [0.5, 0.6) is 0 Å². The summed E-state index contributed by atoms with van der Waals surface area (Å²) in [6, 6.07) is 0.299. The first-order valence-corrected chi connectivity index (χ1v) is 6.08. The highest BCUT2D eigenvalue weighted by Crippen LogP contribution is 2.24. The number of hydrogen-bond acceptors (Lipinski definition) is 4. The zero-order chi connectivity index (χ0) is 11.5. The lowest BCUT2D eigenvalue weighted by Crippen LogP contribution is -2.03. The molecule has 5 heteroatoms. The van der Waals surface area contributed by atoms with Gasteiger partial charge in [-0.1, -0.05) is 6.92 Å². The molecule has 0 aromatic carbocycles. The van der Waals surface area contributed by atoms with Crippen LogP contribution in [0.25, 0.3) is 10.7 Å². The van der Waals surface area contributed by atoms with Crippen LogP contribution in [0, 0.1) is 0 Å². The number of nitrogens with zero attached hydrogens (tertiary/aromatic N) is 3. The monoisotopic (exact) mass is 235 g/mol. The molecule has 0 spiro atoms. The molecule has 0 N–H and O–H groups in total. The maximum absolute atomic E-state index is 11.0. The Morgan fingerprint density at radius 1 is 1.62 bits per heavy atom. The van der Waals surface area contributed by atoms with Crippen molar-refractivity contribution in [3.8, 4) is 10.7 Å². The molecule has 2 aromatic heterocycles. The van der Waals surface area contributed by atoms with Gasteiger partial charge in [0.05, 0.1) is 5.56 Å². The third-order valence-electron chi connectivity index (χ3n) is 2.56. The van der Waals surface area contributed by atoms with Gasteiger partial charge in [-0.15, -0.1) is 11.3 Å². The Morgan fingerprint density at radius 2 is 2.44 bits per heavy atom. The van der Waals surface area contributed by atoms with E-state index in [1.807, 2.05) is 10.1 Å². The van der Waals surface area contributed by atoms with Gasteiger partial charge in [0.15, 0.2) is 6.29 Å². The normalized spacial score (nSPS) is 12.6. The van der Waals surface area contributed by atoms with Gasteiger partial charge in [0.2, 0.25) is 0 Å². The Kier molecular flexibility index (Phi) is 3.14. The van der Waals surface area contributed by atoms with E-state index >= 15 is 0 Å². The lowest BCUT2D eigenvalue weighted by molar-refractivity contribution is 0.112. The van der Waals surface area contributed by atoms with Crippen LogP contribution < -0.4 is 0 Å². The summed E-state index contributed by atoms with van der Waals surface area (Å²) in [5.41, 5.74) is 1.29. The Balaban J connectivity index is 2.45. The first-order chi connectivity index (χ1) is 7.76. The van der Waals surface area contributed by atoms with Crippen LogP contribution in [0.4, 0.5) is 0 Å². The van der Waals surface area contributed by atoms with E-state index in [0.717, 1.165) is 17.7 Å². The number of thiazole rings is 1. The standard InChI is InChI=1S/C11H13N3OS/c1-3-8(2)14-6-9(7-15)10(13-14)11-12-4-5-16-11/h4-8H,3H2,1-2H3. The third kappa shape index (κ3) is 1.90. The second-order valence-electron chi connectivity index (χ2n) is 3.63. The van der Waals surface area contributed by atoms with Crippen LogP contribution >= 0.6 is 11.3 Å². The summed E-state index contributed by atoms with van der Waals surface area (Å²) in [5, 5.41) is 7.10. The van der Waals surface area contributed by atoms with Gasteiger partial charge in [-0.25, -0.2) is 4.98 Å². The molecule has 0 aliphatic heterocycles. The number of rotatable bonds is 4. The minimum absolute atomic E-state index is 0.299. The molecule has 2 rings (SSSR count). The Morgan fingerprint density at radius 3 is 3.00 bits per heavy atom. The van der Waals surface area contributed by atoms with Gasteiger partial charge >= 0.3 is 0 Å². The van der Waals surface area contributed by atoms with E-state index in [-0.39, 0.29) is 0 Å². The first kappa shape index (κ1) is 11.0. The van der Waals surface area contributed by atoms with E-state index in [9.17, 15) is 4.79 Å². The summed E-state index contributed by atoms with van der Waals surface area (Å²) in [4.78, 5) is 15.1. The van der Waals surface area contributed by atoms with Crippen LogP contribution in [0.2, 0.25) is 0 Å². The molecule has 1 atom stereocenters. The molecule has 1 unspecified atom stereocenters. The lowest BCUT2D eigenvalue weighted by atomic mass is 10.2. The minimum Gasteiger partial charge on any atom is -0.298 e. The molecule has 2 heterocycles. The topological polar surface area (TPSA) is 47.8 Å². The average Bonchev–Trinajstić information content (AvgIpc) is 2.95. The molecule has 0 aliphatic carbocycles. The zero-order valence-corrected chi connectivity index (χ0v) is 10.1. The molecule has 0 fully saturated rings. The summed E-state index contributed by atoms with van der Waals surface area (Å²) in [6.45, 7) is 4.17. The number of hydrogen-bond donors (Lipinski definition) is 0. The largest absolute Gasteiger partial charge is 0.298 e. The van der Waals surface area contributed by atoms with Gasteiger partial charge in [0, 0.05) is 23.8 Å². The quantitative estimate of drug-likeness (QED) is 0.765. The van der Waals surface area contributed by atoms with Crippen LogP contribution in [-0.4, -0.2) is 21.1 Å². The molecular formula is C11H13N3OS. The molecule has 0 saturated carbocycles. The third-order valence-corrected chi connectivity index (χ3v) is 3.34. The Hall–Kier alpha value is -1.49. The van der Waals surface area contributed by atoms with Crippen LogP contribution in [0.1, 0.15) is 36.7 Å². The van der Waals surface area contributed by atoms with Gasteiger partial charge < -0.3 is 0 Å². The summed E-state index contributed by atoms with van der Waals surface area (Å²) < 4.78 is 1.83. The first-order valence-electron chi connectivity index (χ1n) is 5.20. The van der Waals surface area contributed by atoms with Crippen molar-refractivity contribution < 1.29 is 4.79 Å². The SMILES string of the molecule is CCC(C)n1cc(C=O)c(-c2nccs2)n1. The predicted octanol–water partition coefficient (Wildman–Crippen LogP) is 2.79. The molecule has 16 heavy (non-hydrogen) atoms. The molecule has 0 bridgehead atoms. The van der Waals surface area contributed by atoms with E-state index in [2.05, 4.69) is 23.9 Å². The summed E-state index contributed by atoms with van der Waals surface area (Å²) in [7, 11) is 0. The number of carbonyl (C=O) groups excluding carboxylic acids is 1. The molecule has 0 radical (unpaired) electrons. The molecule has 0 saturated heterocycles. The average molecular weight is 235 g/mol. The number of carbonyl (C=O) groups is 1. The predicted molar refractivity (Wildman–Crippen MR) is 63.7 cm³/mol. The van der Waals surface area contributed by atoms with Crippen molar-refractivity contribution in [1.29, 1.82) is 0 Å². The van der Waals surface area contributed by atoms with Crippen molar-refractivity contribution in [2.75, 3.05) is 0 Å². The van der Waals surface area contributed by atoms with Crippen molar-refractivity contribution in [3.63, 3.8) is 0 Å². The van der Waals surface area contributed by atoms with Crippen LogP contribution in [0.15, 0.2) is 17.8 Å². The molecule has 2 aromatic rings. The van der Waals surface area contributed by atoms with E-state index in [0.29, 0.717) is 17.3 Å². The van der Waals surface area contributed by atoms with Crippen molar-refractivity contribution in [3.05, 3.63) is 23.3 Å². The highest BCUT2D eigenvalue weighted by Gasteiger charge is 2.14. The highest BCUT2D eigenvalue weighted by molar-refractivity contribution is 7.13. The molecule has 4 nitrogen and oxygen atoms in total. The van der Waals surface area contributed by atoms with E-state index in [4.69, 9.17) is 0 Å². The lowest BCUT2D eigenvalue weighted by Gasteiger charge is -2.07. The molecule has 84 valence electrons. The van der Waals surface area contributed by atoms with Gasteiger partial charge in [0.1, 0.15) is 10.7 Å². The highest BCUT2D eigenvalue weighted by atomic mass is 32.1. The smallest absolute Gasteiger partial charge is 0.153 e. The maximum atomic E-state index is 11.0. The van der Waals surface area contributed by atoms with Crippen LogP contribution in [0.3, 0.4) is 0 Å². The zero-order valence-electron chi connectivity index (χ0n) is 9.25. The molecular weight excluding hydrogens is 222 g/mol. The van der Waals surface area contributed by atoms with E-state index in [1.54, 1.807) is 12.4 Å². The maximum Gasteiger partial charge on any atom is 0.153 e. The van der Waals surface area contributed by atoms with Crippen LogP contribution in [-0.2, 0) is 0 Å². The molecule has 0 aliphatic rings. The number of aromatic nitrogens is 3. The summed E-state index contributed by atoms with van der Waals surface area (Å²) in [6.07, 6.45) is 5.33. The molecule has 0 amide bonds. The summed E-state index contributed by atoms with van der Waals surface area (Å²) in [5.74, 6) is 0. The fourth-order valence-corrected chi connectivity index (χ4v) is 2.05. The Bertz CT molecular complexity index is 475. The van der Waals surface area contributed by atoms with Gasteiger partial charge in [-0.05, 0) is 13.3 Å². The van der Waals surface area contributed by atoms with Gasteiger partial charge in [0.25, 0.3) is 0 Å². The summed E-state index contributed by atoms with van der Waals surface area (Å²) >= 11 is 1.49. The minimum atomic E-state index is 0.299. The fourth-order valence-electron chi connectivity index (χ4n) is 1.41. The van der Waals surface area contributed by atoms with Crippen molar-refractivity contribution in [2.24, 2.45) is 0 Å². The van der Waals surface area contributed by atoms with Gasteiger partial charge in [-0.2, -0.15) is 5.10 Å². The second-order valence-corrected chi connectivity index (χ2v) is 4.52. The Labute approximate surface area is 97.9 Å². The van der Waals surface area contributed by atoms with Crippen molar-refractivity contribution in [2.45, 2.75) is 26.3 Å². The van der Waals surface area contributed by atoms with E-state index < -0.39 is 0 Å². The fraction of sp³-hybridized carbons (Fsp3) is 0.364.